The lowest BCUT2D eigenvalue weighted by Gasteiger charge is -2.32. The van der Waals surface area contributed by atoms with E-state index in [-0.39, 0.29) is 17.8 Å². The van der Waals surface area contributed by atoms with Gasteiger partial charge in [-0.3, -0.25) is 14.6 Å². The summed E-state index contributed by atoms with van der Waals surface area (Å²) in [6.45, 7) is 2.12. The van der Waals surface area contributed by atoms with E-state index in [1.807, 2.05) is 42.5 Å². The summed E-state index contributed by atoms with van der Waals surface area (Å²) in [6.07, 6.45) is 2.17. The second kappa shape index (κ2) is 6.75. The molecule has 0 aromatic heterocycles. The molecule has 4 rings (SSSR count). The van der Waals surface area contributed by atoms with Crippen LogP contribution in [0.25, 0.3) is 0 Å². The average Bonchev–Trinajstić information content (AvgIpc) is 3.08. The van der Waals surface area contributed by atoms with E-state index >= 15 is 0 Å². The minimum Gasteiger partial charge on any atom is -0.466 e. The van der Waals surface area contributed by atoms with Gasteiger partial charge in [-0.15, -0.1) is 0 Å². The van der Waals surface area contributed by atoms with Crippen LogP contribution < -0.4 is 0 Å². The summed E-state index contributed by atoms with van der Waals surface area (Å²) in [5.74, 6) is -0.692. The number of rotatable bonds is 4. The van der Waals surface area contributed by atoms with E-state index in [1.165, 1.54) is 0 Å². The zero-order valence-corrected chi connectivity index (χ0v) is 14.5. The zero-order valence-electron chi connectivity index (χ0n) is 14.5. The highest BCUT2D eigenvalue weighted by molar-refractivity contribution is 6.01. The number of hydrazone groups is 1. The van der Waals surface area contributed by atoms with Crippen molar-refractivity contribution in [3.05, 3.63) is 71.3 Å². The van der Waals surface area contributed by atoms with Gasteiger partial charge in [0.25, 0.3) is 0 Å². The Kier molecular flexibility index (Phi) is 4.29. The quantitative estimate of drug-likeness (QED) is 0.629. The number of ketones is 1. The van der Waals surface area contributed by atoms with Gasteiger partial charge in [0.2, 0.25) is 0 Å². The van der Waals surface area contributed by atoms with Gasteiger partial charge in [-0.1, -0.05) is 54.6 Å². The van der Waals surface area contributed by atoms with Crippen molar-refractivity contribution in [2.24, 2.45) is 11.0 Å². The largest absolute Gasteiger partial charge is 0.466 e. The Bertz CT molecular complexity index is 863. The first-order valence-corrected chi connectivity index (χ1v) is 8.88. The standard InChI is InChI=1S/C21H20N2O3/c1-2-26-21(25)17-12-18(20(24)14-8-4-3-5-9-14)23-19(17)16-11-7-6-10-15(16)13-22-23/h3-11,13,17-19H,2,12H2,1H3/t17-,18-,19-/m1/s1. The van der Waals surface area contributed by atoms with Crippen LogP contribution in [-0.2, 0) is 9.53 Å². The molecular formula is C21H20N2O3. The first kappa shape index (κ1) is 16.5. The number of carbonyl (C=O) groups excluding carboxylic acids is 2. The van der Waals surface area contributed by atoms with E-state index in [4.69, 9.17) is 4.74 Å². The number of fused-ring (bicyclic) bond motifs is 3. The van der Waals surface area contributed by atoms with Gasteiger partial charge in [0.1, 0.15) is 6.04 Å². The number of carbonyl (C=O) groups is 2. The molecule has 2 aliphatic rings. The fourth-order valence-corrected chi connectivity index (χ4v) is 3.89. The lowest BCUT2D eigenvalue weighted by molar-refractivity contribution is -0.149. The number of hydrogen-bond acceptors (Lipinski definition) is 5. The molecule has 2 heterocycles. The Morgan fingerprint density at radius 3 is 2.62 bits per heavy atom. The molecule has 0 bridgehead atoms. The van der Waals surface area contributed by atoms with Gasteiger partial charge >= 0.3 is 5.97 Å². The zero-order chi connectivity index (χ0) is 18.1. The Morgan fingerprint density at radius 2 is 1.85 bits per heavy atom. The first-order chi connectivity index (χ1) is 12.7. The molecule has 0 amide bonds. The number of hydrogen-bond donors (Lipinski definition) is 0. The number of esters is 1. The summed E-state index contributed by atoms with van der Waals surface area (Å²) >= 11 is 0. The summed E-state index contributed by atoms with van der Waals surface area (Å²) in [6, 6.07) is 16.3. The van der Waals surface area contributed by atoms with Gasteiger partial charge in [-0.2, -0.15) is 5.10 Å². The van der Waals surface area contributed by atoms with Crippen LogP contribution in [0.4, 0.5) is 0 Å². The molecule has 0 aliphatic carbocycles. The van der Waals surface area contributed by atoms with Crippen LogP contribution in [0.3, 0.4) is 0 Å². The Labute approximate surface area is 152 Å². The molecule has 5 nitrogen and oxygen atoms in total. The molecule has 2 aromatic rings. The SMILES string of the molecule is CCOC(=O)[C@@H]1C[C@H](C(=O)c2ccccc2)N2N=Cc3ccccc3[C@H]12. The van der Waals surface area contributed by atoms with E-state index in [9.17, 15) is 9.59 Å². The normalized spacial score (nSPS) is 23.3. The third kappa shape index (κ3) is 2.69. The topological polar surface area (TPSA) is 59.0 Å². The maximum Gasteiger partial charge on any atom is 0.311 e. The van der Waals surface area contributed by atoms with Gasteiger partial charge < -0.3 is 4.74 Å². The van der Waals surface area contributed by atoms with Gasteiger partial charge in [0.05, 0.1) is 24.8 Å². The molecule has 0 radical (unpaired) electrons. The second-order valence-corrected chi connectivity index (χ2v) is 6.54. The third-order valence-electron chi connectivity index (χ3n) is 5.06. The van der Waals surface area contributed by atoms with Crippen molar-refractivity contribution < 1.29 is 14.3 Å². The van der Waals surface area contributed by atoms with Crippen molar-refractivity contribution >= 4 is 18.0 Å². The Hall–Kier alpha value is -2.95. The van der Waals surface area contributed by atoms with Crippen LogP contribution in [-0.4, -0.2) is 35.6 Å². The molecule has 132 valence electrons. The molecule has 0 saturated carbocycles. The highest BCUT2D eigenvalue weighted by Crippen LogP contribution is 2.45. The van der Waals surface area contributed by atoms with Gasteiger partial charge in [-0.05, 0) is 24.5 Å². The maximum absolute atomic E-state index is 13.1. The summed E-state index contributed by atoms with van der Waals surface area (Å²) < 4.78 is 5.29. The molecule has 5 heteroatoms. The molecular weight excluding hydrogens is 328 g/mol. The van der Waals surface area contributed by atoms with E-state index in [2.05, 4.69) is 5.10 Å². The highest BCUT2D eigenvalue weighted by atomic mass is 16.5. The van der Waals surface area contributed by atoms with Crippen LogP contribution in [0.2, 0.25) is 0 Å². The summed E-state index contributed by atoms with van der Waals surface area (Å²) in [4.78, 5) is 25.7. The fourth-order valence-electron chi connectivity index (χ4n) is 3.89. The van der Waals surface area contributed by atoms with Crippen molar-refractivity contribution in [2.45, 2.75) is 25.4 Å². The molecule has 3 atom stereocenters. The van der Waals surface area contributed by atoms with Crippen LogP contribution in [0.15, 0.2) is 59.7 Å². The van der Waals surface area contributed by atoms with E-state index in [0.29, 0.717) is 18.6 Å². The highest BCUT2D eigenvalue weighted by Gasteiger charge is 2.50. The third-order valence-corrected chi connectivity index (χ3v) is 5.06. The van der Waals surface area contributed by atoms with E-state index in [0.717, 1.165) is 11.1 Å². The first-order valence-electron chi connectivity index (χ1n) is 8.88. The second-order valence-electron chi connectivity index (χ2n) is 6.54. The van der Waals surface area contributed by atoms with E-state index < -0.39 is 12.0 Å². The van der Waals surface area contributed by atoms with Crippen molar-refractivity contribution in [2.75, 3.05) is 6.61 Å². The molecule has 0 N–H and O–H groups in total. The minimum atomic E-state index is -0.471. The molecule has 26 heavy (non-hydrogen) atoms. The number of Topliss-reactive ketones (excluding diaryl/α,β-unsaturated/α-hetero) is 1. The molecule has 1 saturated heterocycles. The minimum absolute atomic E-state index is 0.0149. The molecule has 2 aromatic carbocycles. The lowest BCUT2D eigenvalue weighted by atomic mass is 9.89. The van der Waals surface area contributed by atoms with Gasteiger partial charge in [0.15, 0.2) is 5.78 Å². The lowest BCUT2D eigenvalue weighted by Crippen LogP contribution is -2.36. The predicted molar refractivity (Wildman–Crippen MR) is 97.9 cm³/mol. The van der Waals surface area contributed by atoms with Crippen LogP contribution in [0.5, 0.6) is 0 Å². The summed E-state index contributed by atoms with van der Waals surface area (Å²) in [5, 5.41) is 6.32. The Morgan fingerprint density at radius 1 is 1.12 bits per heavy atom. The Balaban J connectivity index is 1.73. The van der Waals surface area contributed by atoms with Crippen LogP contribution in [0, 0.1) is 5.92 Å². The van der Waals surface area contributed by atoms with Crippen molar-refractivity contribution in [3.63, 3.8) is 0 Å². The van der Waals surface area contributed by atoms with Crippen LogP contribution >= 0.6 is 0 Å². The smallest absolute Gasteiger partial charge is 0.311 e. The maximum atomic E-state index is 13.1. The van der Waals surface area contributed by atoms with Crippen molar-refractivity contribution in [3.8, 4) is 0 Å². The van der Waals surface area contributed by atoms with Crippen molar-refractivity contribution in [1.82, 2.24) is 5.01 Å². The fraction of sp³-hybridized carbons (Fsp3) is 0.286. The van der Waals surface area contributed by atoms with Crippen LogP contribution in [0.1, 0.15) is 40.9 Å². The number of ether oxygens (including phenoxy) is 1. The molecule has 2 aliphatic heterocycles. The number of nitrogens with zero attached hydrogens (tertiary/aromatic N) is 2. The van der Waals surface area contributed by atoms with Gasteiger partial charge in [0, 0.05) is 5.56 Å². The average molecular weight is 348 g/mol. The number of benzene rings is 2. The molecule has 0 spiro atoms. The summed E-state index contributed by atoms with van der Waals surface area (Å²) in [5.41, 5.74) is 2.63. The van der Waals surface area contributed by atoms with E-state index in [1.54, 1.807) is 30.3 Å². The molecule has 1 fully saturated rings. The van der Waals surface area contributed by atoms with Crippen molar-refractivity contribution in [1.29, 1.82) is 0 Å². The monoisotopic (exact) mass is 348 g/mol. The summed E-state index contributed by atoms with van der Waals surface area (Å²) in [7, 11) is 0. The predicted octanol–water partition coefficient (Wildman–Crippen LogP) is 3.21. The molecule has 0 unspecified atom stereocenters. The van der Waals surface area contributed by atoms with Gasteiger partial charge in [-0.25, -0.2) is 0 Å².